The monoisotopic (exact) mass is 339 g/mol. The first-order chi connectivity index (χ1) is 11.6. The number of aliphatic carboxylic acids is 1. The summed E-state index contributed by atoms with van der Waals surface area (Å²) in [6.07, 6.45) is 0.881. The molecule has 24 heavy (non-hydrogen) atoms. The molecule has 2 aromatic carbocycles. The van der Waals surface area contributed by atoms with Crippen molar-refractivity contribution in [3.8, 4) is 11.1 Å². The predicted octanol–water partition coefficient (Wildman–Crippen LogP) is 4.83. The van der Waals surface area contributed by atoms with Crippen molar-refractivity contribution >= 4 is 27.4 Å². The highest BCUT2D eigenvalue weighted by Gasteiger charge is 2.08. The molecule has 3 aromatic rings. The van der Waals surface area contributed by atoms with Crippen molar-refractivity contribution < 1.29 is 9.90 Å². The maximum atomic E-state index is 10.5. The maximum absolute atomic E-state index is 10.5. The van der Waals surface area contributed by atoms with E-state index < -0.39 is 5.97 Å². The summed E-state index contributed by atoms with van der Waals surface area (Å²) in [5.74, 6) is -0.735. The molecule has 0 atom stereocenters. The van der Waals surface area contributed by atoms with Crippen molar-refractivity contribution in [2.75, 3.05) is 6.54 Å². The van der Waals surface area contributed by atoms with E-state index in [1.54, 1.807) is 0 Å². The zero-order valence-corrected chi connectivity index (χ0v) is 14.5. The average molecular weight is 339 g/mol. The highest BCUT2D eigenvalue weighted by Crippen LogP contribution is 2.35. The van der Waals surface area contributed by atoms with Crippen LogP contribution in [0.5, 0.6) is 0 Å². The van der Waals surface area contributed by atoms with E-state index >= 15 is 0 Å². The van der Waals surface area contributed by atoms with Gasteiger partial charge in [0.1, 0.15) is 0 Å². The van der Waals surface area contributed by atoms with E-state index in [4.69, 9.17) is 5.11 Å². The fourth-order valence-electron chi connectivity index (χ4n) is 2.74. The van der Waals surface area contributed by atoms with Crippen LogP contribution in [0.2, 0.25) is 0 Å². The fourth-order valence-corrected chi connectivity index (χ4v) is 3.90. The Bertz CT molecular complexity index is 836. The Labute approximate surface area is 146 Å². The lowest BCUT2D eigenvalue weighted by atomic mass is 10.0. The molecule has 3 rings (SSSR count). The molecule has 1 aromatic heterocycles. The molecule has 3 nitrogen and oxygen atoms in total. The Morgan fingerprint density at radius 3 is 2.71 bits per heavy atom. The second-order valence-corrected chi connectivity index (χ2v) is 7.11. The molecule has 0 unspecified atom stereocenters. The Morgan fingerprint density at radius 1 is 1.17 bits per heavy atom. The van der Waals surface area contributed by atoms with Crippen LogP contribution in [0.15, 0.2) is 48.5 Å². The number of thiophene rings is 1. The van der Waals surface area contributed by atoms with Crippen molar-refractivity contribution in [2.24, 2.45) is 0 Å². The minimum Gasteiger partial charge on any atom is -0.481 e. The second-order valence-electron chi connectivity index (χ2n) is 5.98. The lowest BCUT2D eigenvalue weighted by Crippen LogP contribution is -2.14. The van der Waals surface area contributed by atoms with Gasteiger partial charge in [0.05, 0.1) is 0 Å². The van der Waals surface area contributed by atoms with Gasteiger partial charge in [0.2, 0.25) is 0 Å². The third-order valence-electron chi connectivity index (χ3n) is 4.00. The highest BCUT2D eigenvalue weighted by atomic mass is 32.1. The Balaban J connectivity index is 1.75. The quantitative estimate of drug-likeness (QED) is 0.606. The predicted molar refractivity (Wildman–Crippen MR) is 101 cm³/mol. The van der Waals surface area contributed by atoms with Crippen molar-refractivity contribution in [3.63, 3.8) is 0 Å². The average Bonchev–Trinajstić information content (AvgIpc) is 2.98. The van der Waals surface area contributed by atoms with Gasteiger partial charge in [-0.05, 0) is 42.5 Å². The molecule has 1 heterocycles. The number of carboxylic acid groups (broad SMARTS) is 1. The van der Waals surface area contributed by atoms with Gasteiger partial charge in [-0.15, -0.1) is 11.3 Å². The van der Waals surface area contributed by atoms with Gasteiger partial charge in [0.15, 0.2) is 0 Å². The third kappa shape index (κ3) is 4.02. The van der Waals surface area contributed by atoms with Crippen molar-refractivity contribution in [3.05, 3.63) is 59.0 Å². The summed E-state index contributed by atoms with van der Waals surface area (Å²) in [6.45, 7) is 3.61. The normalized spacial score (nSPS) is 11.0. The maximum Gasteiger partial charge on any atom is 0.303 e. The van der Waals surface area contributed by atoms with E-state index in [0.29, 0.717) is 6.42 Å². The Kier molecular flexibility index (Phi) is 5.28. The first-order valence-electron chi connectivity index (χ1n) is 8.14. The van der Waals surface area contributed by atoms with Crippen LogP contribution in [0.1, 0.15) is 23.3 Å². The summed E-state index contributed by atoms with van der Waals surface area (Å²) in [4.78, 5) is 11.8. The summed E-state index contributed by atoms with van der Waals surface area (Å²) in [5, 5.41) is 13.3. The zero-order chi connectivity index (χ0) is 16.9. The van der Waals surface area contributed by atoms with E-state index in [9.17, 15) is 4.79 Å². The summed E-state index contributed by atoms with van der Waals surface area (Å²) >= 11 is 1.81. The summed E-state index contributed by atoms with van der Waals surface area (Å²) < 4.78 is 1.31. The number of nitrogens with one attached hydrogen (secondary N) is 1. The Hall–Kier alpha value is -2.17. The molecular weight excluding hydrogens is 318 g/mol. The minimum atomic E-state index is -0.735. The van der Waals surface area contributed by atoms with Crippen LogP contribution < -0.4 is 5.32 Å². The number of hydrogen-bond acceptors (Lipinski definition) is 3. The summed E-state index contributed by atoms with van der Waals surface area (Å²) in [6, 6.07) is 17.3. The molecule has 0 radical (unpaired) electrons. The number of hydrogen-bond donors (Lipinski definition) is 2. The molecule has 4 heteroatoms. The standard InChI is InChI=1S/C20H21NO2S/c1-14-7-9-15(10-8-14)18-5-2-4-16-12-17(24-20(16)18)13-21-11-3-6-19(22)23/h2,4-5,7-10,12,21H,3,6,11,13H2,1H3,(H,22,23). The van der Waals surface area contributed by atoms with Crippen LogP contribution >= 0.6 is 11.3 Å². The van der Waals surface area contributed by atoms with E-state index in [-0.39, 0.29) is 6.42 Å². The van der Waals surface area contributed by atoms with Gasteiger partial charge in [-0.25, -0.2) is 0 Å². The van der Waals surface area contributed by atoms with E-state index in [1.807, 2.05) is 11.3 Å². The molecule has 0 fully saturated rings. The van der Waals surface area contributed by atoms with Crippen LogP contribution in [0.3, 0.4) is 0 Å². The molecule has 0 saturated heterocycles. The number of fused-ring (bicyclic) bond motifs is 1. The highest BCUT2D eigenvalue weighted by molar-refractivity contribution is 7.19. The number of benzene rings is 2. The van der Waals surface area contributed by atoms with Crippen LogP contribution in [0, 0.1) is 6.92 Å². The molecular formula is C20H21NO2S. The SMILES string of the molecule is Cc1ccc(-c2cccc3cc(CNCCCC(=O)O)sc23)cc1. The van der Waals surface area contributed by atoms with Crippen LogP contribution in [-0.4, -0.2) is 17.6 Å². The van der Waals surface area contributed by atoms with Crippen molar-refractivity contribution in [2.45, 2.75) is 26.3 Å². The molecule has 0 amide bonds. The number of carboxylic acids is 1. The van der Waals surface area contributed by atoms with Gasteiger partial charge in [-0.1, -0.05) is 48.0 Å². The molecule has 0 aliphatic carbocycles. The molecule has 0 aliphatic rings. The lowest BCUT2D eigenvalue weighted by Gasteiger charge is -2.04. The molecule has 0 saturated carbocycles. The molecule has 2 N–H and O–H groups in total. The van der Waals surface area contributed by atoms with Crippen LogP contribution in [0.4, 0.5) is 0 Å². The summed E-state index contributed by atoms with van der Waals surface area (Å²) in [7, 11) is 0. The Morgan fingerprint density at radius 2 is 1.96 bits per heavy atom. The zero-order valence-electron chi connectivity index (χ0n) is 13.7. The second kappa shape index (κ2) is 7.60. The van der Waals surface area contributed by atoms with E-state index in [0.717, 1.165) is 13.1 Å². The van der Waals surface area contributed by atoms with Gasteiger partial charge < -0.3 is 10.4 Å². The van der Waals surface area contributed by atoms with Gasteiger partial charge >= 0.3 is 5.97 Å². The third-order valence-corrected chi connectivity index (χ3v) is 5.19. The number of aryl methyl sites for hydroxylation is 1. The molecule has 0 bridgehead atoms. The van der Waals surface area contributed by atoms with Gasteiger partial charge in [0.25, 0.3) is 0 Å². The minimum absolute atomic E-state index is 0.219. The fraction of sp³-hybridized carbons (Fsp3) is 0.250. The first-order valence-corrected chi connectivity index (χ1v) is 8.96. The van der Waals surface area contributed by atoms with Gasteiger partial charge in [-0.3, -0.25) is 4.79 Å². The topological polar surface area (TPSA) is 49.3 Å². The lowest BCUT2D eigenvalue weighted by molar-refractivity contribution is -0.137. The van der Waals surface area contributed by atoms with Crippen molar-refractivity contribution in [1.82, 2.24) is 5.32 Å². The summed E-state index contributed by atoms with van der Waals surface area (Å²) in [5.41, 5.74) is 3.78. The molecule has 124 valence electrons. The van der Waals surface area contributed by atoms with Gasteiger partial charge in [0, 0.05) is 22.5 Å². The smallest absolute Gasteiger partial charge is 0.303 e. The molecule has 0 aliphatic heterocycles. The first kappa shape index (κ1) is 16.7. The van der Waals surface area contributed by atoms with E-state index in [1.165, 1.54) is 31.7 Å². The largest absolute Gasteiger partial charge is 0.481 e. The number of rotatable bonds is 7. The van der Waals surface area contributed by atoms with Gasteiger partial charge in [-0.2, -0.15) is 0 Å². The number of carbonyl (C=O) groups is 1. The molecule has 0 spiro atoms. The van der Waals surface area contributed by atoms with Crippen LogP contribution in [-0.2, 0) is 11.3 Å². The van der Waals surface area contributed by atoms with Crippen LogP contribution in [0.25, 0.3) is 21.2 Å². The van der Waals surface area contributed by atoms with Crippen molar-refractivity contribution in [1.29, 1.82) is 0 Å². The van der Waals surface area contributed by atoms with E-state index in [2.05, 4.69) is 60.8 Å².